The van der Waals surface area contributed by atoms with Crippen molar-refractivity contribution in [3.8, 4) is 28.2 Å². The summed E-state index contributed by atoms with van der Waals surface area (Å²) in [5.41, 5.74) is 7.62. The van der Waals surface area contributed by atoms with Crippen LogP contribution in [0.4, 0.5) is 0 Å². The van der Waals surface area contributed by atoms with Crippen molar-refractivity contribution >= 4 is 43.4 Å². The highest BCUT2D eigenvalue weighted by atomic mass is 15.0. The Morgan fingerprint density at radius 3 is 2.15 bits per heavy atom. The molecule has 3 aromatic heterocycles. The third kappa shape index (κ3) is 3.52. The van der Waals surface area contributed by atoms with E-state index in [1.807, 2.05) is 12.4 Å². The van der Waals surface area contributed by atoms with Crippen LogP contribution in [0.1, 0.15) is 0 Å². The second kappa shape index (κ2) is 8.64. The highest BCUT2D eigenvalue weighted by molar-refractivity contribution is 6.10. The summed E-state index contributed by atoms with van der Waals surface area (Å²) in [7, 11) is 0. The van der Waals surface area contributed by atoms with Crippen LogP contribution >= 0.6 is 0 Å². The molecule has 0 aliphatic rings. The normalized spacial score (nSPS) is 11.6. The van der Waals surface area contributed by atoms with Gasteiger partial charge in [-0.3, -0.25) is 9.97 Å². The Bertz CT molecular complexity index is 2180. The van der Waals surface area contributed by atoms with Gasteiger partial charge in [-0.05, 0) is 47.2 Å². The van der Waals surface area contributed by atoms with Crippen LogP contribution in [0.5, 0.6) is 0 Å². The van der Waals surface area contributed by atoms with E-state index in [0.29, 0.717) is 0 Å². The van der Waals surface area contributed by atoms with Crippen LogP contribution in [-0.2, 0) is 0 Å². The van der Waals surface area contributed by atoms with E-state index < -0.39 is 0 Å². The summed E-state index contributed by atoms with van der Waals surface area (Å²) in [5.74, 6) is 0. The molecule has 0 bridgehead atoms. The Kier molecular flexibility index (Phi) is 4.82. The zero-order chi connectivity index (χ0) is 25.8. The van der Waals surface area contributed by atoms with Crippen LogP contribution < -0.4 is 0 Å². The molecule has 0 aliphatic heterocycles. The molecule has 3 heteroatoms. The van der Waals surface area contributed by atoms with Gasteiger partial charge in [0.1, 0.15) is 0 Å². The average molecular weight is 498 g/mol. The summed E-state index contributed by atoms with van der Waals surface area (Å²) in [6.07, 6.45) is 3.86. The van der Waals surface area contributed by atoms with Crippen LogP contribution in [0.25, 0.3) is 71.6 Å². The fourth-order valence-electron chi connectivity index (χ4n) is 5.79. The first-order valence-corrected chi connectivity index (χ1v) is 13.2. The van der Waals surface area contributed by atoms with Crippen molar-refractivity contribution in [3.05, 3.63) is 140 Å². The topological polar surface area (TPSA) is 30.7 Å². The molecule has 3 heterocycles. The molecular formula is C36H23N3. The Morgan fingerprint density at radius 1 is 0.462 bits per heavy atom. The number of fused-ring (bicyclic) bond motifs is 5. The highest BCUT2D eigenvalue weighted by Gasteiger charge is 2.15. The summed E-state index contributed by atoms with van der Waals surface area (Å²) in [6.45, 7) is 0. The molecule has 39 heavy (non-hydrogen) atoms. The largest absolute Gasteiger partial charge is 0.309 e. The number of para-hydroxylation sites is 1. The minimum absolute atomic E-state index is 0.973. The van der Waals surface area contributed by atoms with Gasteiger partial charge in [-0.15, -0.1) is 0 Å². The quantitative estimate of drug-likeness (QED) is 0.244. The Morgan fingerprint density at radius 2 is 1.23 bits per heavy atom. The van der Waals surface area contributed by atoms with Crippen molar-refractivity contribution in [2.75, 3.05) is 0 Å². The van der Waals surface area contributed by atoms with E-state index in [1.54, 1.807) is 0 Å². The molecule has 0 radical (unpaired) electrons. The first-order chi connectivity index (χ1) is 19.3. The molecule has 0 saturated heterocycles. The summed E-state index contributed by atoms with van der Waals surface area (Å²) in [5, 5.41) is 7.15. The molecule has 0 N–H and O–H groups in total. The van der Waals surface area contributed by atoms with E-state index in [4.69, 9.17) is 9.97 Å². The minimum Gasteiger partial charge on any atom is -0.309 e. The molecule has 0 fully saturated rings. The van der Waals surface area contributed by atoms with E-state index in [9.17, 15) is 0 Å². The predicted octanol–water partition coefficient (Wildman–Crippen LogP) is 9.21. The third-order valence-electron chi connectivity index (χ3n) is 7.65. The zero-order valence-corrected chi connectivity index (χ0v) is 21.1. The fraction of sp³-hybridized carbons (Fsp3) is 0. The molecule has 0 unspecified atom stereocenters. The maximum Gasteiger partial charge on any atom is 0.0781 e. The molecule has 0 amide bonds. The van der Waals surface area contributed by atoms with Gasteiger partial charge in [-0.1, -0.05) is 91.0 Å². The Balaban J connectivity index is 1.36. The molecular weight excluding hydrogens is 474 g/mol. The Labute approximate surface area is 225 Å². The standard InChI is InChI=1S/C36H23N3/c1-2-10-28-23-38-33(21-25(28)9-1)26-16-17-32-31-14-5-6-15-34(31)39(35(32)22-26)29-12-7-11-27(20-29)36-30-13-4-3-8-24(30)18-19-37-36/h1-23H. The van der Waals surface area contributed by atoms with Crippen molar-refractivity contribution in [1.82, 2.24) is 14.5 Å². The van der Waals surface area contributed by atoms with Gasteiger partial charge in [0.2, 0.25) is 0 Å². The molecule has 0 spiro atoms. The lowest BCUT2D eigenvalue weighted by atomic mass is 10.0. The van der Waals surface area contributed by atoms with Crippen LogP contribution in [0.15, 0.2) is 140 Å². The van der Waals surface area contributed by atoms with Crippen LogP contribution in [0.3, 0.4) is 0 Å². The highest BCUT2D eigenvalue weighted by Crippen LogP contribution is 2.36. The van der Waals surface area contributed by atoms with E-state index in [2.05, 4.69) is 132 Å². The van der Waals surface area contributed by atoms with Crippen molar-refractivity contribution in [3.63, 3.8) is 0 Å². The van der Waals surface area contributed by atoms with E-state index in [0.717, 1.165) is 44.5 Å². The first-order valence-electron chi connectivity index (χ1n) is 13.2. The van der Waals surface area contributed by atoms with Crippen LogP contribution in [0.2, 0.25) is 0 Å². The molecule has 0 aliphatic carbocycles. The number of hydrogen-bond acceptors (Lipinski definition) is 2. The number of benzene rings is 5. The monoisotopic (exact) mass is 497 g/mol. The van der Waals surface area contributed by atoms with Gasteiger partial charge in [-0.25, -0.2) is 0 Å². The van der Waals surface area contributed by atoms with E-state index in [1.165, 1.54) is 27.1 Å². The van der Waals surface area contributed by atoms with E-state index in [-0.39, 0.29) is 0 Å². The predicted molar refractivity (Wildman–Crippen MR) is 162 cm³/mol. The third-order valence-corrected chi connectivity index (χ3v) is 7.65. The smallest absolute Gasteiger partial charge is 0.0781 e. The van der Waals surface area contributed by atoms with Crippen molar-refractivity contribution in [2.45, 2.75) is 0 Å². The average Bonchev–Trinajstić information content (AvgIpc) is 3.34. The SMILES string of the molecule is c1cc(-c2nccc3ccccc23)cc(-n2c3ccccc3c3ccc(-c4cc5ccccc5cn4)cc32)c1. The van der Waals surface area contributed by atoms with Crippen LogP contribution in [-0.4, -0.2) is 14.5 Å². The number of pyridine rings is 2. The number of rotatable bonds is 3. The lowest BCUT2D eigenvalue weighted by Crippen LogP contribution is -1.95. The fourth-order valence-corrected chi connectivity index (χ4v) is 5.79. The zero-order valence-electron chi connectivity index (χ0n) is 21.1. The van der Waals surface area contributed by atoms with Crippen molar-refractivity contribution in [2.24, 2.45) is 0 Å². The first kappa shape index (κ1) is 21.8. The molecule has 5 aromatic carbocycles. The van der Waals surface area contributed by atoms with Crippen LogP contribution in [0, 0.1) is 0 Å². The van der Waals surface area contributed by atoms with Gasteiger partial charge in [0.25, 0.3) is 0 Å². The van der Waals surface area contributed by atoms with Gasteiger partial charge < -0.3 is 4.57 Å². The molecule has 8 aromatic rings. The lowest BCUT2D eigenvalue weighted by molar-refractivity contribution is 1.18. The van der Waals surface area contributed by atoms with Gasteiger partial charge in [0, 0.05) is 50.8 Å². The van der Waals surface area contributed by atoms with E-state index >= 15 is 0 Å². The maximum absolute atomic E-state index is 4.81. The molecule has 3 nitrogen and oxygen atoms in total. The second-order valence-electron chi connectivity index (χ2n) is 9.93. The minimum atomic E-state index is 0.973. The number of nitrogens with zero attached hydrogens (tertiary/aromatic N) is 3. The molecule has 8 rings (SSSR count). The van der Waals surface area contributed by atoms with Crippen molar-refractivity contribution in [1.29, 1.82) is 0 Å². The summed E-state index contributed by atoms with van der Waals surface area (Å²) in [6, 6.07) is 45.1. The summed E-state index contributed by atoms with van der Waals surface area (Å²) >= 11 is 0. The lowest BCUT2D eigenvalue weighted by Gasteiger charge is -2.12. The van der Waals surface area contributed by atoms with Crippen molar-refractivity contribution < 1.29 is 0 Å². The Hall–Kier alpha value is -5.28. The van der Waals surface area contributed by atoms with Gasteiger partial charge in [0.15, 0.2) is 0 Å². The van der Waals surface area contributed by atoms with Gasteiger partial charge >= 0.3 is 0 Å². The molecule has 0 atom stereocenters. The summed E-state index contributed by atoms with van der Waals surface area (Å²) in [4.78, 5) is 9.59. The number of hydrogen-bond donors (Lipinski definition) is 0. The van der Waals surface area contributed by atoms with Gasteiger partial charge in [-0.2, -0.15) is 0 Å². The summed E-state index contributed by atoms with van der Waals surface area (Å²) < 4.78 is 2.36. The number of aromatic nitrogens is 3. The van der Waals surface area contributed by atoms with Gasteiger partial charge in [0.05, 0.1) is 22.4 Å². The molecule has 0 saturated carbocycles. The molecule has 182 valence electrons. The maximum atomic E-state index is 4.81. The second-order valence-corrected chi connectivity index (χ2v) is 9.93.